The highest BCUT2D eigenvalue weighted by molar-refractivity contribution is 6.46. The number of hydrogen-bond donors (Lipinski definition) is 1. The molecule has 188 valence electrons. The maximum absolute atomic E-state index is 13.2. The van der Waals surface area contributed by atoms with Crippen LogP contribution in [0.15, 0.2) is 42.0 Å². The van der Waals surface area contributed by atoms with E-state index in [-0.39, 0.29) is 17.9 Å². The molecule has 0 radical (unpaired) electrons. The molecule has 1 heterocycles. The Morgan fingerprint density at radius 2 is 1.60 bits per heavy atom. The fraction of sp³-hybridized carbons (Fsp3) is 0.385. The molecule has 1 N–H and O–H groups in total. The molecule has 9 nitrogen and oxygen atoms in total. The lowest BCUT2D eigenvalue weighted by molar-refractivity contribution is -0.140. The summed E-state index contributed by atoms with van der Waals surface area (Å²) in [5, 5.41) is 11.3. The Kier molecular flexibility index (Phi) is 8.24. The number of Topliss-reactive ketones (excluding diaryl/α,β-unsaturated/α-hetero) is 1. The van der Waals surface area contributed by atoms with E-state index in [1.807, 2.05) is 25.9 Å². The number of amides is 1. The van der Waals surface area contributed by atoms with Crippen LogP contribution in [0.2, 0.25) is 0 Å². The molecule has 1 fully saturated rings. The quantitative estimate of drug-likeness (QED) is 0.312. The molecule has 1 aliphatic heterocycles. The number of ether oxygens (including phenoxy) is 4. The third-order valence-corrected chi connectivity index (χ3v) is 5.77. The molecule has 2 aromatic carbocycles. The number of hydrogen-bond acceptors (Lipinski definition) is 8. The fourth-order valence-corrected chi connectivity index (χ4v) is 4.06. The number of carbonyl (C=O) groups excluding carboxylic acids is 2. The van der Waals surface area contributed by atoms with Crippen molar-refractivity contribution in [2.45, 2.75) is 13.0 Å². The molecular formula is C26H32N2O7. The molecule has 0 aliphatic carbocycles. The molecule has 1 saturated heterocycles. The van der Waals surface area contributed by atoms with Gasteiger partial charge in [-0.25, -0.2) is 0 Å². The molecule has 1 amide bonds. The van der Waals surface area contributed by atoms with E-state index in [0.29, 0.717) is 47.3 Å². The Bertz CT molecular complexity index is 1080. The first-order valence-electron chi connectivity index (χ1n) is 11.2. The van der Waals surface area contributed by atoms with Gasteiger partial charge in [-0.2, -0.15) is 0 Å². The van der Waals surface area contributed by atoms with Gasteiger partial charge < -0.3 is 33.9 Å². The second-order valence-electron chi connectivity index (χ2n) is 8.21. The Balaban J connectivity index is 2.21. The van der Waals surface area contributed by atoms with E-state index < -0.39 is 17.7 Å². The average Bonchev–Trinajstić information content (AvgIpc) is 3.11. The second kappa shape index (κ2) is 11.1. The van der Waals surface area contributed by atoms with Gasteiger partial charge in [0.25, 0.3) is 11.7 Å². The van der Waals surface area contributed by atoms with Crippen LogP contribution in [-0.4, -0.2) is 81.7 Å². The lowest BCUT2D eigenvalue weighted by Crippen LogP contribution is -2.35. The topological polar surface area (TPSA) is 97.8 Å². The second-order valence-corrected chi connectivity index (χ2v) is 8.21. The molecule has 3 rings (SSSR count). The number of aliphatic hydroxyl groups is 1. The lowest BCUT2D eigenvalue weighted by Gasteiger charge is -2.27. The maximum atomic E-state index is 13.2. The molecule has 1 atom stereocenters. The van der Waals surface area contributed by atoms with Gasteiger partial charge in [-0.15, -0.1) is 0 Å². The first-order chi connectivity index (χ1) is 16.8. The van der Waals surface area contributed by atoms with Crippen LogP contribution in [0.4, 0.5) is 0 Å². The Morgan fingerprint density at radius 3 is 2.09 bits per heavy atom. The summed E-state index contributed by atoms with van der Waals surface area (Å²) in [7, 11) is 8.24. The Hall–Kier alpha value is -3.72. The number of ketones is 1. The van der Waals surface area contributed by atoms with E-state index in [1.165, 1.54) is 26.2 Å². The van der Waals surface area contributed by atoms with Crippen molar-refractivity contribution in [2.75, 3.05) is 55.1 Å². The number of methoxy groups -OCH3 is 3. The van der Waals surface area contributed by atoms with Gasteiger partial charge in [0.2, 0.25) is 5.75 Å². The van der Waals surface area contributed by atoms with Gasteiger partial charge in [0.1, 0.15) is 11.5 Å². The summed E-state index contributed by atoms with van der Waals surface area (Å²) in [6.07, 6.45) is 0. The van der Waals surface area contributed by atoms with Gasteiger partial charge in [-0.1, -0.05) is 0 Å². The van der Waals surface area contributed by atoms with Crippen LogP contribution >= 0.6 is 0 Å². The Labute approximate surface area is 205 Å². The van der Waals surface area contributed by atoms with Gasteiger partial charge in [-0.05, 0) is 63.0 Å². The average molecular weight is 485 g/mol. The highest BCUT2D eigenvalue weighted by Gasteiger charge is 2.46. The number of nitrogens with zero attached hydrogens (tertiary/aromatic N) is 2. The van der Waals surface area contributed by atoms with Crippen LogP contribution in [0, 0.1) is 0 Å². The third kappa shape index (κ3) is 5.19. The number of benzene rings is 2. The number of likely N-dealkylation sites (tertiary alicyclic amines) is 1. The smallest absolute Gasteiger partial charge is 0.295 e. The number of rotatable bonds is 10. The number of aliphatic hydroxyl groups excluding tert-OH is 1. The van der Waals surface area contributed by atoms with Crippen LogP contribution in [0.25, 0.3) is 5.76 Å². The van der Waals surface area contributed by atoms with Crippen LogP contribution < -0.4 is 18.9 Å². The van der Waals surface area contributed by atoms with Crippen LogP contribution in [0.3, 0.4) is 0 Å². The van der Waals surface area contributed by atoms with Gasteiger partial charge in [-0.3, -0.25) is 9.59 Å². The highest BCUT2D eigenvalue weighted by Crippen LogP contribution is 2.45. The zero-order chi connectivity index (χ0) is 25.7. The molecule has 0 spiro atoms. The van der Waals surface area contributed by atoms with Gasteiger partial charge >= 0.3 is 0 Å². The van der Waals surface area contributed by atoms with Crippen molar-refractivity contribution in [3.63, 3.8) is 0 Å². The predicted octanol–water partition coefficient (Wildman–Crippen LogP) is 3.09. The molecule has 9 heteroatoms. The molecule has 35 heavy (non-hydrogen) atoms. The van der Waals surface area contributed by atoms with Crippen molar-refractivity contribution in [2.24, 2.45) is 0 Å². The van der Waals surface area contributed by atoms with Crippen LogP contribution in [0.5, 0.6) is 23.0 Å². The summed E-state index contributed by atoms with van der Waals surface area (Å²) in [5.41, 5.74) is 0.939. The van der Waals surface area contributed by atoms with E-state index in [4.69, 9.17) is 18.9 Å². The summed E-state index contributed by atoms with van der Waals surface area (Å²) in [5.74, 6) is 0.0684. The molecule has 0 aromatic heterocycles. The fourth-order valence-electron chi connectivity index (χ4n) is 4.06. The zero-order valence-electron chi connectivity index (χ0n) is 21.0. The normalized spacial score (nSPS) is 17.1. The van der Waals surface area contributed by atoms with Gasteiger partial charge in [0, 0.05) is 18.7 Å². The summed E-state index contributed by atoms with van der Waals surface area (Å²) in [6, 6.07) is 9.23. The molecule has 0 saturated carbocycles. The monoisotopic (exact) mass is 484 g/mol. The SMILES string of the molecule is CCOc1ccc(C(O)=C2C(=O)C(=O)N(CCN(C)C)C2c2cc(OC)c(OC)c(OC)c2)cc1. The third-order valence-electron chi connectivity index (χ3n) is 5.77. The van der Waals surface area contributed by atoms with Crippen molar-refractivity contribution < 1.29 is 33.6 Å². The predicted molar refractivity (Wildman–Crippen MR) is 131 cm³/mol. The van der Waals surface area contributed by atoms with Gasteiger partial charge in [0.05, 0.1) is 39.6 Å². The van der Waals surface area contributed by atoms with E-state index in [0.717, 1.165) is 0 Å². The van der Waals surface area contributed by atoms with E-state index >= 15 is 0 Å². The molecule has 0 bridgehead atoms. The van der Waals surface area contributed by atoms with Crippen molar-refractivity contribution in [1.82, 2.24) is 9.80 Å². The summed E-state index contributed by atoms with van der Waals surface area (Å²) in [6.45, 7) is 3.18. The minimum absolute atomic E-state index is 0.00723. The van der Waals surface area contributed by atoms with E-state index in [1.54, 1.807) is 36.4 Å². The van der Waals surface area contributed by atoms with Gasteiger partial charge in [0.15, 0.2) is 11.5 Å². The first kappa shape index (κ1) is 25.9. The lowest BCUT2D eigenvalue weighted by atomic mass is 9.94. The number of carbonyl (C=O) groups is 2. The first-order valence-corrected chi connectivity index (χ1v) is 11.2. The van der Waals surface area contributed by atoms with Crippen molar-refractivity contribution >= 4 is 17.4 Å². The van der Waals surface area contributed by atoms with Crippen LogP contribution in [-0.2, 0) is 9.59 Å². The zero-order valence-corrected chi connectivity index (χ0v) is 21.0. The van der Waals surface area contributed by atoms with E-state index in [9.17, 15) is 14.7 Å². The minimum Gasteiger partial charge on any atom is -0.507 e. The van der Waals surface area contributed by atoms with E-state index in [2.05, 4.69) is 0 Å². The van der Waals surface area contributed by atoms with Crippen LogP contribution in [0.1, 0.15) is 24.1 Å². The highest BCUT2D eigenvalue weighted by atomic mass is 16.5. The van der Waals surface area contributed by atoms with Crippen molar-refractivity contribution in [3.8, 4) is 23.0 Å². The maximum Gasteiger partial charge on any atom is 0.295 e. The standard InChI is InChI=1S/C26H32N2O7/c1-7-35-18-10-8-16(9-11-18)23(29)21-22(28(13-12-27(2)3)26(31)24(21)30)17-14-19(32-4)25(34-6)20(15-17)33-5/h8-11,14-15,22,29H,7,12-13H2,1-6H3. The molecular weight excluding hydrogens is 452 g/mol. The Morgan fingerprint density at radius 1 is 1.00 bits per heavy atom. The number of likely N-dealkylation sites (N-methyl/N-ethyl adjacent to an activating group) is 1. The largest absolute Gasteiger partial charge is 0.507 e. The summed E-state index contributed by atoms with van der Waals surface area (Å²) in [4.78, 5) is 29.7. The molecule has 1 unspecified atom stereocenters. The molecule has 1 aliphatic rings. The summed E-state index contributed by atoms with van der Waals surface area (Å²) >= 11 is 0. The van der Waals surface area contributed by atoms with Crippen molar-refractivity contribution in [3.05, 3.63) is 53.1 Å². The molecule has 2 aromatic rings. The summed E-state index contributed by atoms with van der Waals surface area (Å²) < 4.78 is 21.9. The minimum atomic E-state index is -0.852. The van der Waals surface area contributed by atoms with Crippen molar-refractivity contribution in [1.29, 1.82) is 0 Å².